The maximum absolute atomic E-state index is 15.1. The number of carboxylic acid groups (broad SMARTS) is 2. The molecule has 2 unspecified atom stereocenters. The van der Waals surface area contributed by atoms with Crippen molar-refractivity contribution in [1.29, 1.82) is 0 Å². The molecule has 312 valence electrons. The predicted octanol–water partition coefficient (Wildman–Crippen LogP) is 1.49. The molecule has 4 fully saturated rings. The second-order valence-corrected chi connectivity index (χ2v) is 14.5. The summed E-state index contributed by atoms with van der Waals surface area (Å²) in [6.45, 7) is 7.94. The van der Waals surface area contributed by atoms with Crippen LogP contribution in [0.3, 0.4) is 0 Å². The first-order valence-electron chi connectivity index (χ1n) is 18.2. The van der Waals surface area contributed by atoms with Crippen LogP contribution < -0.4 is 40.8 Å². The van der Waals surface area contributed by atoms with Crippen LogP contribution in [-0.4, -0.2) is 113 Å². The fourth-order valence-corrected chi connectivity index (χ4v) is 7.72. The molecule has 19 heteroatoms. The van der Waals surface area contributed by atoms with Crippen molar-refractivity contribution < 1.29 is 54.5 Å². The van der Waals surface area contributed by atoms with Crippen molar-refractivity contribution in [2.45, 2.75) is 63.7 Å². The van der Waals surface area contributed by atoms with Gasteiger partial charge < -0.3 is 65.7 Å². The van der Waals surface area contributed by atoms with Crippen LogP contribution in [0.4, 0.5) is 20.2 Å². The number of hydrogen-bond acceptors (Lipinski definition) is 10. The molecular formula is C38H50F2N6O11. The summed E-state index contributed by atoms with van der Waals surface area (Å²) in [6.07, 6.45) is 6.29. The van der Waals surface area contributed by atoms with Gasteiger partial charge in [0.2, 0.25) is 10.9 Å². The topological polar surface area (TPSA) is 262 Å². The van der Waals surface area contributed by atoms with Gasteiger partial charge >= 0.3 is 11.9 Å². The minimum atomic E-state index is -1.31. The van der Waals surface area contributed by atoms with Crippen molar-refractivity contribution in [3.63, 3.8) is 0 Å². The van der Waals surface area contributed by atoms with Gasteiger partial charge in [0.25, 0.3) is 0 Å². The molecule has 0 amide bonds. The number of methoxy groups -OCH3 is 2. The third-order valence-corrected chi connectivity index (χ3v) is 10.5. The van der Waals surface area contributed by atoms with Gasteiger partial charge in [-0.15, -0.1) is 0 Å². The summed E-state index contributed by atoms with van der Waals surface area (Å²) in [6, 6.07) is 2.90. The fraction of sp³-hybridized carbons (Fsp3) is 0.474. The molecule has 2 aliphatic heterocycles. The summed E-state index contributed by atoms with van der Waals surface area (Å²) in [7, 11) is 2.91. The van der Waals surface area contributed by atoms with E-state index in [4.69, 9.17) is 9.47 Å². The first kappa shape index (κ1) is 44.4. The number of carbonyl (C=O) groups is 2. The maximum Gasteiger partial charge on any atom is 0.341 e. The molecule has 10 N–H and O–H groups in total. The Morgan fingerprint density at radius 3 is 1.32 bits per heavy atom. The van der Waals surface area contributed by atoms with E-state index >= 15 is 8.78 Å². The van der Waals surface area contributed by atoms with Crippen molar-refractivity contribution in [2.75, 3.05) is 63.3 Å². The largest absolute Gasteiger partial charge is 0.492 e. The number of halogens is 2. The number of carboxylic acids is 2. The lowest BCUT2D eigenvalue weighted by Crippen LogP contribution is -2.49. The van der Waals surface area contributed by atoms with Crippen LogP contribution in [-0.2, 0) is 0 Å². The summed E-state index contributed by atoms with van der Waals surface area (Å²) in [5.41, 5.74) is -0.474. The van der Waals surface area contributed by atoms with Crippen LogP contribution in [0.2, 0.25) is 0 Å². The number of ether oxygens (including phenoxy) is 2. The second-order valence-electron chi connectivity index (χ2n) is 14.5. The molecule has 0 radical (unpaired) electrons. The highest BCUT2D eigenvalue weighted by Gasteiger charge is 2.34. The molecule has 2 atom stereocenters. The molecule has 2 aliphatic carbocycles. The van der Waals surface area contributed by atoms with Crippen molar-refractivity contribution in [2.24, 2.45) is 0 Å². The first-order chi connectivity index (χ1) is 25.8. The highest BCUT2D eigenvalue weighted by Crippen LogP contribution is 2.45. The van der Waals surface area contributed by atoms with E-state index in [0.29, 0.717) is 60.1 Å². The number of hydrogen-bond donors (Lipinski definition) is 4. The molecule has 8 rings (SSSR count). The van der Waals surface area contributed by atoms with E-state index in [1.54, 1.807) is 9.13 Å². The van der Waals surface area contributed by atoms with Gasteiger partial charge in [0, 0.05) is 75.8 Å². The third-order valence-electron chi connectivity index (χ3n) is 10.5. The van der Waals surface area contributed by atoms with Crippen LogP contribution in [0.25, 0.3) is 21.8 Å². The Bertz CT molecular complexity index is 2130. The van der Waals surface area contributed by atoms with Gasteiger partial charge in [0.05, 0.1) is 36.0 Å². The van der Waals surface area contributed by atoms with Crippen molar-refractivity contribution in [3.05, 3.63) is 67.7 Å². The van der Waals surface area contributed by atoms with Crippen LogP contribution in [0.1, 0.15) is 72.3 Å². The minimum absolute atomic E-state index is 0. The average molecular weight is 805 g/mol. The zero-order chi connectivity index (χ0) is 38.6. The molecule has 2 aromatic heterocycles. The summed E-state index contributed by atoms with van der Waals surface area (Å²) in [5.74, 6) is -3.18. The number of nitrogens with zero attached hydrogens (tertiary/aromatic N) is 4. The second kappa shape index (κ2) is 17.4. The number of nitrogens with one attached hydrogen (secondary N) is 2. The lowest BCUT2D eigenvalue weighted by atomic mass is 10.1. The van der Waals surface area contributed by atoms with E-state index in [0.717, 1.165) is 50.9 Å². The number of aromatic nitrogens is 2. The third kappa shape index (κ3) is 8.24. The lowest BCUT2D eigenvalue weighted by molar-refractivity contribution is 0.0684. The zero-order valence-electron chi connectivity index (χ0n) is 32.1. The molecule has 0 bridgehead atoms. The molecular weight excluding hydrogens is 754 g/mol. The molecule has 57 heavy (non-hydrogen) atoms. The van der Waals surface area contributed by atoms with Crippen LogP contribution in [0, 0.1) is 11.6 Å². The van der Waals surface area contributed by atoms with Gasteiger partial charge in [0.1, 0.15) is 22.5 Å². The van der Waals surface area contributed by atoms with E-state index in [1.165, 1.54) is 26.6 Å². The summed E-state index contributed by atoms with van der Waals surface area (Å²) < 4.78 is 44.9. The van der Waals surface area contributed by atoms with Crippen molar-refractivity contribution in [1.82, 2.24) is 19.8 Å². The highest BCUT2D eigenvalue weighted by atomic mass is 19.1. The van der Waals surface area contributed by atoms with E-state index in [9.17, 15) is 29.4 Å². The summed E-state index contributed by atoms with van der Waals surface area (Å²) in [4.78, 5) is 52.2. The normalized spacial score (nSPS) is 19.1. The minimum Gasteiger partial charge on any atom is -0.492 e. The SMILES string of the molecule is COc1c(N2CCNC(C)C2)c(F)cc2c(=O)c(C(=O)O)cn(C3CC3)c12.COc1c(N2CCNC(C)C2)c(F)cc2c(=O)c(C(=O)O)cn(C3CC3)c12.O.O.O. The predicted molar refractivity (Wildman–Crippen MR) is 210 cm³/mol. The lowest BCUT2D eigenvalue weighted by Gasteiger charge is -2.35. The quantitative estimate of drug-likeness (QED) is 0.198. The molecule has 4 heterocycles. The number of fused-ring (bicyclic) bond motifs is 2. The van der Waals surface area contributed by atoms with Crippen LogP contribution >= 0.6 is 0 Å². The summed E-state index contributed by atoms with van der Waals surface area (Å²) >= 11 is 0. The summed E-state index contributed by atoms with van der Waals surface area (Å²) in [5, 5.41) is 25.5. The van der Waals surface area contributed by atoms with Gasteiger partial charge in [0.15, 0.2) is 23.1 Å². The molecule has 4 aromatic rings. The van der Waals surface area contributed by atoms with Gasteiger partial charge in [-0.2, -0.15) is 0 Å². The Labute approximate surface area is 325 Å². The molecule has 2 aromatic carbocycles. The number of anilines is 2. The Morgan fingerprint density at radius 2 is 1.04 bits per heavy atom. The van der Waals surface area contributed by atoms with Gasteiger partial charge in [-0.25, -0.2) is 18.4 Å². The van der Waals surface area contributed by atoms with E-state index < -0.39 is 34.4 Å². The molecule has 0 spiro atoms. The smallest absolute Gasteiger partial charge is 0.341 e. The number of pyridine rings is 2. The molecule has 17 nitrogen and oxygen atoms in total. The standard InChI is InChI=1S/2C19H22FN3O4.3H2O/c2*1-10-8-22(6-5-21-10)16-14(20)7-12-15(18(16)27-2)23(11-3-4-11)9-13(17(12)24)19(25)26;;;/h2*7,9-11,21H,3-6,8H2,1-2H3,(H,25,26);3*1H2. The highest BCUT2D eigenvalue weighted by molar-refractivity contribution is 5.98. The van der Waals surface area contributed by atoms with Crippen molar-refractivity contribution in [3.8, 4) is 11.5 Å². The molecule has 2 saturated carbocycles. The molecule has 4 aliphatic rings. The number of piperazine rings is 2. The Kier molecular flexibility index (Phi) is 13.6. The number of benzene rings is 2. The zero-order valence-corrected chi connectivity index (χ0v) is 32.1. The Hall–Kier alpha value is -5.34. The monoisotopic (exact) mass is 804 g/mol. The van der Waals surface area contributed by atoms with Crippen LogP contribution in [0.15, 0.2) is 34.1 Å². The Balaban J connectivity index is 0.000000240. The van der Waals surface area contributed by atoms with E-state index in [2.05, 4.69) is 10.6 Å². The molecule has 2 saturated heterocycles. The maximum atomic E-state index is 15.1. The average Bonchev–Trinajstić information content (AvgIpc) is 4.06. The van der Waals surface area contributed by atoms with E-state index in [-0.39, 0.29) is 62.5 Å². The number of aromatic carboxylic acids is 2. The Morgan fingerprint density at radius 1 is 0.684 bits per heavy atom. The first-order valence-corrected chi connectivity index (χ1v) is 18.2. The van der Waals surface area contributed by atoms with Gasteiger partial charge in [-0.1, -0.05) is 0 Å². The van der Waals surface area contributed by atoms with Gasteiger partial charge in [-0.05, 0) is 51.7 Å². The number of rotatable bonds is 8. The van der Waals surface area contributed by atoms with Crippen molar-refractivity contribution >= 4 is 45.1 Å². The van der Waals surface area contributed by atoms with Crippen LogP contribution in [0.5, 0.6) is 11.5 Å². The van der Waals surface area contributed by atoms with E-state index in [1.807, 2.05) is 23.6 Å². The van der Waals surface area contributed by atoms with Gasteiger partial charge in [-0.3, -0.25) is 9.59 Å². The fourth-order valence-electron chi connectivity index (χ4n) is 7.72.